The summed E-state index contributed by atoms with van der Waals surface area (Å²) in [4.78, 5) is 12.2. The molecule has 0 spiro atoms. The molecule has 5 nitrogen and oxygen atoms in total. The zero-order valence-electron chi connectivity index (χ0n) is 13.9. The number of amides is 1. The van der Waals surface area contributed by atoms with Gasteiger partial charge in [-0.25, -0.2) is 4.68 Å². The van der Waals surface area contributed by atoms with Crippen molar-refractivity contribution in [3.8, 4) is 0 Å². The first kappa shape index (κ1) is 15.9. The van der Waals surface area contributed by atoms with Gasteiger partial charge in [0.1, 0.15) is 0 Å². The summed E-state index contributed by atoms with van der Waals surface area (Å²) in [6, 6.07) is 16.1. The summed E-state index contributed by atoms with van der Waals surface area (Å²) in [6.45, 7) is 5.18. The van der Waals surface area contributed by atoms with Crippen LogP contribution in [0.15, 0.2) is 54.7 Å². The van der Waals surface area contributed by atoms with Crippen LogP contribution in [0.4, 0.5) is 0 Å². The summed E-state index contributed by atoms with van der Waals surface area (Å²) in [6.07, 6.45) is 1.67. The second-order valence-corrected chi connectivity index (χ2v) is 5.90. The zero-order valence-corrected chi connectivity index (χ0v) is 13.9. The maximum absolute atomic E-state index is 12.2. The first-order valence-electron chi connectivity index (χ1n) is 7.90. The molecule has 24 heavy (non-hydrogen) atoms. The molecule has 0 aliphatic rings. The topological polar surface area (TPSA) is 59.8 Å². The molecule has 1 aromatic heterocycles. The number of benzene rings is 2. The Morgan fingerprint density at radius 3 is 2.67 bits per heavy atom. The highest BCUT2D eigenvalue weighted by Gasteiger charge is 2.11. The SMILES string of the molecule is Cc1ccc(CNC(=O)c2cn(Cc3ccccc3)nn2)c(C)c1. The third-order valence-electron chi connectivity index (χ3n) is 3.90. The summed E-state index contributed by atoms with van der Waals surface area (Å²) in [5, 5.41) is 10.9. The molecule has 1 heterocycles. The standard InChI is InChI=1S/C19H20N4O/c1-14-8-9-17(15(2)10-14)11-20-19(24)18-13-23(22-21-18)12-16-6-4-3-5-7-16/h3-10,13H,11-12H2,1-2H3,(H,20,24). The van der Waals surface area contributed by atoms with Gasteiger partial charge in [0.15, 0.2) is 5.69 Å². The van der Waals surface area contributed by atoms with E-state index >= 15 is 0 Å². The Balaban J connectivity index is 1.61. The van der Waals surface area contributed by atoms with Crippen molar-refractivity contribution in [2.75, 3.05) is 0 Å². The summed E-state index contributed by atoms with van der Waals surface area (Å²) < 4.78 is 1.67. The van der Waals surface area contributed by atoms with E-state index in [4.69, 9.17) is 0 Å². The Labute approximate surface area is 141 Å². The van der Waals surface area contributed by atoms with Crippen molar-refractivity contribution in [3.05, 3.63) is 82.7 Å². The van der Waals surface area contributed by atoms with Crippen LogP contribution in [0.1, 0.15) is 32.7 Å². The van der Waals surface area contributed by atoms with Gasteiger partial charge in [-0.3, -0.25) is 4.79 Å². The number of rotatable bonds is 5. The Hall–Kier alpha value is -2.95. The summed E-state index contributed by atoms with van der Waals surface area (Å²) >= 11 is 0. The summed E-state index contributed by atoms with van der Waals surface area (Å²) in [7, 11) is 0. The first-order valence-corrected chi connectivity index (χ1v) is 7.90. The third kappa shape index (κ3) is 3.87. The summed E-state index contributed by atoms with van der Waals surface area (Å²) in [5.74, 6) is -0.214. The van der Waals surface area contributed by atoms with Gasteiger partial charge in [-0.05, 0) is 30.5 Å². The van der Waals surface area contributed by atoms with Gasteiger partial charge in [0.25, 0.3) is 5.91 Å². The van der Waals surface area contributed by atoms with Crippen molar-refractivity contribution in [2.24, 2.45) is 0 Å². The lowest BCUT2D eigenvalue weighted by Gasteiger charge is -2.07. The molecule has 3 aromatic rings. The number of carbonyl (C=O) groups is 1. The highest BCUT2D eigenvalue weighted by atomic mass is 16.2. The number of aryl methyl sites for hydroxylation is 2. The van der Waals surface area contributed by atoms with Crippen molar-refractivity contribution in [1.29, 1.82) is 0 Å². The number of nitrogens with zero attached hydrogens (tertiary/aromatic N) is 3. The molecular formula is C19H20N4O. The van der Waals surface area contributed by atoms with Crippen LogP contribution in [0.25, 0.3) is 0 Å². The molecule has 2 aromatic carbocycles. The van der Waals surface area contributed by atoms with Gasteiger partial charge in [0, 0.05) is 6.54 Å². The lowest BCUT2D eigenvalue weighted by atomic mass is 10.1. The highest BCUT2D eigenvalue weighted by Crippen LogP contribution is 2.10. The molecule has 0 saturated heterocycles. The van der Waals surface area contributed by atoms with Gasteiger partial charge < -0.3 is 5.32 Å². The molecule has 0 fully saturated rings. The molecule has 1 N–H and O–H groups in total. The fourth-order valence-electron chi connectivity index (χ4n) is 2.56. The van der Waals surface area contributed by atoms with Crippen LogP contribution in [-0.2, 0) is 13.1 Å². The number of hydrogen-bond acceptors (Lipinski definition) is 3. The molecule has 0 atom stereocenters. The minimum Gasteiger partial charge on any atom is -0.347 e. The second-order valence-electron chi connectivity index (χ2n) is 5.90. The van der Waals surface area contributed by atoms with Crippen LogP contribution < -0.4 is 5.32 Å². The maximum Gasteiger partial charge on any atom is 0.273 e. The molecule has 0 aliphatic carbocycles. The quantitative estimate of drug-likeness (QED) is 0.786. The second kappa shape index (κ2) is 7.08. The van der Waals surface area contributed by atoms with Crippen molar-refractivity contribution in [2.45, 2.75) is 26.9 Å². The Kier molecular flexibility index (Phi) is 4.70. The van der Waals surface area contributed by atoms with Crippen LogP contribution >= 0.6 is 0 Å². The van der Waals surface area contributed by atoms with Gasteiger partial charge in [0.2, 0.25) is 0 Å². The molecule has 0 saturated carbocycles. The summed E-state index contributed by atoms with van der Waals surface area (Å²) in [5.41, 5.74) is 4.93. The molecule has 0 bridgehead atoms. The Morgan fingerprint density at radius 1 is 1.12 bits per heavy atom. The fraction of sp³-hybridized carbons (Fsp3) is 0.211. The van der Waals surface area contributed by atoms with Crippen LogP contribution in [0.2, 0.25) is 0 Å². The van der Waals surface area contributed by atoms with Gasteiger partial charge >= 0.3 is 0 Å². The number of aromatic nitrogens is 3. The molecule has 3 rings (SSSR count). The van der Waals surface area contributed by atoms with E-state index in [9.17, 15) is 4.79 Å². The van der Waals surface area contributed by atoms with Crippen molar-refractivity contribution >= 4 is 5.91 Å². The number of carbonyl (C=O) groups excluding carboxylic acids is 1. The van der Waals surface area contributed by atoms with E-state index < -0.39 is 0 Å². The van der Waals surface area contributed by atoms with E-state index in [0.717, 1.165) is 11.1 Å². The van der Waals surface area contributed by atoms with Crippen molar-refractivity contribution in [3.63, 3.8) is 0 Å². The average molecular weight is 320 g/mol. The lowest BCUT2D eigenvalue weighted by molar-refractivity contribution is 0.0946. The molecule has 1 amide bonds. The van der Waals surface area contributed by atoms with E-state index in [1.165, 1.54) is 11.1 Å². The van der Waals surface area contributed by atoms with Gasteiger partial charge in [0.05, 0.1) is 12.7 Å². The number of hydrogen-bond donors (Lipinski definition) is 1. The van der Waals surface area contributed by atoms with Crippen LogP contribution in [0.3, 0.4) is 0 Å². The first-order chi connectivity index (χ1) is 11.6. The maximum atomic E-state index is 12.2. The molecular weight excluding hydrogens is 300 g/mol. The van der Waals surface area contributed by atoms with E-state index in [1.54, 1.807) is 10.9 Å². The number of nitrogens with one attached hydrogen (secondary N) is 1. The molecule has 122 valence electrons. The predicted octanol–water partition coefficient (Wildman–Crippen LogP) is 2.87. The Morgan fingerprint density at radius 2 is 1.92 bits per heavy atom. The smallest absolute Gasteiger partial charge is 0.273 e. The lowest BCUT2D eigenvalue weighted by Crippen LogP contribution is -2.23. The van der Waals surface area contributed by atoms with Crippen molar-refractivity contribution in [1.82, 2.24) is 20.3 Å². The Bertz CT molecular complexity index is 840. The molecule has 5 heteroatoms. The molecule has 0 unspecified atom stereocenters. The van der Waals surface area contributed by atoms with E-state index in [-0.39, 0.29) is 5.91 Å². The van der Waals surface area contributed by atoms with Crippen LogP contribution in [0, 0.1) is 13.8 Å². The zero-order chi connectivity index (χ0) is 16.9. The van der Waals surface area contributed by atoms with E-state index in [1.807, 2.05) is 49.4 Å². The van der Waals surface area contributed by atoms with Crippen LogP contribution in [0.5, 0.6) is 0 Å². The monoisotopic (exact) mass is 320 g/mol. The molecule has 0 radical (unpaired) electrons. The van der Waals surface area contributed by atoms with Crippen molar-refractivity contribution < 1.29 is 4.79 Å². The predicted molar refractivity (Wildman–Crippen MR) is 92.7 cm³/mol. The van der Waals surface area contributed by atoms with Gasteiger partial charge in [-0.15, -0.1) is 5.10 Å². The highest BCUT2D eigenvalue weighted by molar-refractivity contribution is 5.91. The minimum atomic E-state index is -0.214. The average Bonchev–Trinajstić information content (AvgIpc) is 3.03. The van der Waals surface area contributed by atoms with Crippen LogP contribution in [-0.4, -0.2) is 20.9 Å². The van der Waals surface area contributed by atoms with Gasteiger partial charge in [-0.2, -0.15) is 0 Å². The van der Waals surface area contributed by atoms with E-state index in [2.05, 4.69) is 28.6 Å². The molecule has 0 aliphatic heterocycles. The third-order valence-corrected chi connectivity index (χ3v) is 3.90. The largest absolute Gasteiger partial charge is 0.347 e. The van der Waals surface area contributed by atoms with E-state index in [0.29, 0.717) is 18.8 Å². The normalized spacial score (nSPS) is 10.6. The minimum absolute atomic E-state index is 0.214. The van der Waals surface area contributed by atoms with Gasteiger partial charge in [-0.1, -0.05) is 59.3 Å². The fourth-order valence-corrected chi connectivity index (χ4v) is 2.56.